The average Bonchev–Trinajstić information content (AvgIpc) is 3.01. The number of tetrazole rings is 1. The highest BCUT2D eigenvalue weighted by Gasteiger charge is 2.28. The second-order valence-electron chi connectivity index (χ2n) is 4.81. The molecule has 0 spiro atoms. The molecule has 9 heteroatoms. The number of nitrogens with zero attached hydrogens (tertiary/aromatic N) is 6. The molecule has 2 heterocycles. The Balaban J connectivity index is 1.64. The third-order valence-corrected chi connectivity index (χ3v) is 5.05. The summed E-state index contributed by atoms with van der Waals surface area (Å²) in [6.45, 7) is 4.14. The van der Waals surface area contributed by atoms with Crippen LogP contribution in [0.15, 0.2) is 10.5 Å². The predicted molar refractivity (Wildman–Crippen MR) is 81.5 cm³/mol. The smallest absolute Gasteiger partial charge is 0.225 e. The summed E-state index contributed by atoms with van der Waals surface area (Å²) >= 11 is 3.08. The number of carbonyl (C=O) groups excluding carboxylic acids is 1. The zero-order chi connectivity index (χ0) is 14.8. The standard InChI is InChI=1S/C12H16N6OS2/c1-3-17(8(2)19)11-13-9(6-20-11)7-21-12-14-15-16-18(12)10-4-5-10/h6,10H,3-5,7H2,1-2H3. The molecule has 2 aromatic heterocycles. The van der Waals surface area contributed by atoms with Crippen LogP contribution in [-0.4, -0.2) is 37.6 Å². The molecule has 1 aliphatic rings. The second kappa shape index (κ2) is 6.10. The van der Waals surface area contributed by atoms with Crippen LogP contribution < -0.4 is 4.90 Å². The maximum absolute atomic E-state index is 11.5. The fourth-order valence-electron chi connectivity index (χ4n) is 1.95. The molecule has 0 bridgehead atoms. The number of aromatic nitrogens is 5. The van der Waals surface area contributed by atoms with Crippen LogP contribution >= 0.6 is 23.1 Å². The van der Waals surface area contributed by atoms with Gasteiger partial charge in [0.05, 0.1) is 11.7 Å². The summed E-state index contributed by atoms with van der Waals surface area (Å²) in [5.74, 6) is 0.725. The van der Waals surface area contributed by atoms with Gasteiger partial charge >= 0.3 is 0 Å². The number of thioether (sulfide) groups is 1. The Morgan fingerprint density at radius 2 is 2.38 bits per heavy atom. The first kappa shape index (κ1) is 14.5. The molecule has 112 valence electrons. The van der Waals surface area contributed by atoms with E-state index in [1.165, 1.54) is 11.3 Å². The van der Waals surface area contributed by atoms with E-state index in [0.29, 0.717) is 18.3 Å². The van der Waals surface area contributed by atoms with Crippen LogP contribution in [0.2, 0.25) is 0 Å². The lowest BCUT2D eigenvalue weighted by Crippen LogP contribution is -2.27. The van der Waals surface area contributed by atoms with Crippen molar-refractivity contribution < 1.29 is 4.79 Å². The van der Waals surface area contributed by atoms with Crippen molar-refractivity contribution in [2.24, 2.45) is 0 Å². The van der Waals surface area contributed by atoms with Crippen molar-refractivity contribution >= 4 is 34.1 Å². The third kappa shape index (κ3) is 3.24. The Labute approximate surface area is 130 Å². The lowest BCUT2D eigenvalue weighted by atomic mass is 10.5. The van der Waals surface area contributed by atoms with Gasteiger partial charge in [0.25, 0.3) is 0 Å². The van der Waals surface area contributed by atoms with Crippen molar-refractivity contribution in [2.75, 3.05) is 11.4 Å². The fraction of sp³-hybridized carbons (Fsp3) is 0.583. The summed E-state index contributed by atoms with van der Waals surface area (Å²) in [7, 11) is 0. The molecule has 0 aliphatic heterocycles. The first-order valence-corrected chi connectivity index (χ1v) is 8.68. The van der Waals surface area contributed by atoms with Gasteiger partial charge in [0.15, 0.2) is 5.13 Å². The second-order valence-corrected chi connectivity index (χ2v) is 6.59. The van der Waals surface area contributed by atoms with Gasteiger partial charge in [0, 0.05) is 24.6 Å². The first-order valence-electron chi connectivity index (χ1n) is 6.82. The maximum atomic E-state index is 11.5. The largest absolute Gasteiger partial charge is 0.289 e. The lowest BCUT2D eigenvalue weighted by Gasteiger charge is -2.14. The Hall–Kier alpha value is -1.48. The van der Waals surface area contributed by atoms with E-state index in [4.69, 9.17) is 0 Å². The number of anilines is 1. The lowest BCUT2D eigenvalue weighted by molar-refractivity contribution is -0.116. The molecule has 1 saturated carbocycles. The van der Waals surface area contributed by atoms with Gasteiger partial charge in [0.2, 0.25) is 11.1 Å². The van der Waals surface area contributed by atoms with E-state index in [0.717, 1.165) is 28.8 Å². The Bertz CT molecular complexity index is 635. The molecule has 0 atom stereocenters. The predicted octanol–water partition coefficient (Wildman–Crippen LogP) is 2.13. The molecule has 3 rings (SSSR count). The van der Waals surface area contributed by atoms with E-state index in [2.05, 4.69) is 20.5 Å². The van der Waals surface area contributed by atoms with Crippen LogP contribution in [0.5, 0.6) is 0 Å². The van der Waals surface area contributed by atoms with Crippen molar-refractivity contribution in [2.45, 2.75) is 43.6 Å². The highest BCUT2D eigenvalue weighted by molar-refractivity contribution is 7.98. The zero-order valence-electron chi connectivity index (χ0n) is 11.9. The summed E-state index contributed by atoms with van der Waals surface area (Å²) in [4.78, 5) is 17.7. The van der Waals surface area contributed by atoms with Crippen molar-refractivity contribution in [3.8, 4) is 0 Å². The molecular weight excluding hydrogens is 308 g/mol. The Kier molecular flexibility index (Phi) is 4.20. The molecule has 0 saturated heterocycles. The Morgan fingerprint density at radius 3 is 3.05 bits per heavy atom. The molecule has 7 nitrogen and oxygen atoms in total. The van der Waals surface area contributed by atoms with Crippen LogP contribution in [0.25, 0.3) is 0 Å². The minimum absolute atomic E-state index is 0.0173. The van der Waals surface area contributed by atoms with E-state index in [-0.39, 0.29) is 5.91 Å². The zero-order valence-corrected chi connectivity index (χ0v) is 13.5. The first-order chi connectivity index (χ1) is 10.2. The number of carbonyl (C=O) groups is 1. The molecular formula is C12H16N6OS2. The van der Waals surface area contributed by atoms with Crippen LogP contribution in [0.4, 0.5) is 5.13 Å². The summed E-state index contributed by atoms with van der Waals surface area (Å²) in [6.07, 6.45) is 2.31. The van der Waals surface area contributed by atoms with Gasteiger partial charge in [-0.25, -0.2) is 9.67 Å². The fourth-order valence-corrected chi connectivity index (χ4v) is 3.82. The number of hydrogen-bond acceptors (Lipinski definition) is 7. The highest BCUT2D eigenvalue weighted by atomic mass is 32.2. The maximum Gasteiger partial charge on any atom is 0.225 e. The van der Waals surface area contributed by atoms with E-state index in [9.17, 15) is 4.79 Å². The van der Waals surface area contributed by atoms with Gasteiger partial charge < -0.3 is 0 Å². The molecule has 0 radical (unpaired) electrons. The average molecular weight is 324 g/mol. The number of hydrogen-bond donors (Lipinski definition) is 0. The molecule has 1 aliphatic carbocycles. The minimum atomic E-state index is 0.0173. The third-order valence-electron chi connectivity index (χ3n) is 3.17. The monoisotopic (exact) mass is 324 g/mol. The molecule has 0 aromatic carbocycles. The van der Waals surface area contributed by atoms with Crippen molar-refractivity contribution in [1.29, 1.82) is 0 Å². The van der Waals surface area contributed by atoms with Crippen molar-refractivity contribution in [1.82, 2.24) is 25.2 Å². The number of rotatable bonds is 6. The molecule has 0 unspecified atom stereocenters. The number of thiazole rings is 1. The van der Waals surface area contributed by atoms with E-state index >= 15 is 0 Å². The summed E-state index contributed by atoms with van der Waals surface area (Å²) in [5, 5.41) is 15.4. The van der Waals surface area contributed by atoms with Crippen LogP contribution in [0, 0.1) is 0 Å². The summed E-state index contributed by atoms with van der Waals surface area (Å²) < 4.78 is 1.89. The van der Waals surface area contributed by atoms with Gasteiger partial charge in [-0.05, 0) is 30.2 Å². The molecule has 1 amide bonds. The van der Waals surface area contributed by atoms with Crippen molar-refractivity contribution in [3.63, 3.8) is 0 Å². The SMILES string of the molecule is CCN(C(C)=O)c1nc(CSc2nnnn2C2CC2)cs1. The minimum Gasteiger partial charge on any atom is -0.289 e. The summed E-state index contributed by atoms with van der Waals surface area (Å²) in [6, 6.07) is 0.474. The van der Waals surface area contributed by atoms with Gasteiger partial charge in [0.1, 0.15) is 0 Å². The van der Waals surface area contributed by atoms with Crippen LogP contribution in [0.1, 0.15) is 38.4 Å². The van der Waals surface area contributed by atoms with Crippen LogP contribution in [0.3, 0.4) is 0 Å². The molecule has 21 heavy (non-hydrogen) atoms. The molecule has 1 fully saturated rings. The Morgan fingerprint density at radius 1 is 1.57 bits per heavy atom. The van der Waals surface area contributed by atoms with E-state index < -0.39 is 0 Å². The normalized spacial score (nSPS) is 14.4. The number of amides is 1. The molecule has 0 N–H and O–H groups in total. The highest BCUT2D eigenvalue weighted by Crippen LogP contribution is 2.37. The van der Waals surface area contributed by atoms with Crippen molar-refractivity contribution in [3.05, 3.63) is 11.1 Å². The van der Waals surface area contributed by atoms with E-state index in [1.807, 2.05) is 17.0 Å². The van der Waals surface area contributed by atoms with E-state index in [1.54, 1.807) is 23.6 Å². The summed E-state index contributed by atoms with van der Waals surface area (Å²) in [5.41, 5.74) is 0.949. The quantitative estimate of drug-likeness (QED) is 0.758. The topological polar surface area (TPSA) is 76.8 Å². The van der Waals surface area contributed by atoms with Gasteiger partial charge in [-0.1, -0.05) is 11.8 Å². The van der Waals surface area contributed by atoms with Gasteiger partial charge in [-0.15, -0.1) is 16.4 Å². The van der Waals surface area contributed by atoms with Gasteiger partial charge in [-0.2, -0.15) is 0 Å². The molecule has 2 aromatic rings. The van der Waals surface area contributed by atoms with Gasteiger partial charge in [-0.3, -0.25) is 9.69 Å². The van der Waals surface area contributed by atoms with Crippen LogP contribution in [-0.2, 0) is 10.5 Å².